The largest absolute Gasteiger partial charge is 0.658 e. The minimum Gasteiger partial charge on any atom is -0.658 e. The number of hydrogen-bond acceptors (Lipinski definition) is 3. The van der Waals surface area contributed by atoms with Gasteiger partial charge in [-0.3, -0.25) is 14.9 Å². The van der Waals surface area contributed by atoms with Gasteiger partial charge in [0, 0.05) is 18.9 Å². The number of rotatable bonds is 2. The van der Waals surface area contributed by atoms with Gasteiger partial charge in [-0.25, -0.2) is 0 Å². The standard InChI is InChI=1S/C22H19N4/c1-26-15-12-17-16-8-2-3-9-18(16)25-21(17)22(26,19-10-4-6-13-23-19)20-11-5-7-14-24-20/h2-11,13-14H,12,15H2,1H3/q-1. The summed E-state index contributed by atoms with van der Waals surface area (Å²) in [7, 11) is 2.14. The van der Waals surface area contributed by atoms with Crippen molar-refractivity contribution in [3.63, 3.8) is 0 Å². The summed E-state index contributed by atoms with van der Waals surface area (Å²) in [4.78, 5) is 16.9. The Morgan fingerprint density at radius 3 is 2.19 bits per heavy atom. The van der Waals surface area contributed by atoms with Crippen LogP contribution in [0.2, 0.25) is 0 Å². The molecular formula is C22H19N4-. The van der Waals surface area contributed by atoms with E-state index in [-0.39, 0.29) is 0 Å². The first-order valence-electron chi connectivity index (χ1n) is 8.91. The lowest BCUT2D eigenvalue weighted by Gasteiger charge is -2.48. The van der Waals surface area contributed by atoms with Crippen LogP contribution in [-0.4, -0.2) is 28.5 Å². The lowest BCUT2D eigenvalue weighted by molar-refractivity contribution is 0.172. The van der Waals surface area contributed by atoms with E-state index in [1.54, 1.807) is 0 Å². The maximum Gasteiger partial charge on any atom is 0.111 e. The van der Waals surface area contributed by atoms with E-state index in [4.69, 9.17) is 15.0 Å². The molecule has 4 aromatic rings. The minimum atomic E-state index is -0.574. The summed E-state index contributed by atoms with van der Waals surface area (Å²) >= 11 is 0. The first-order chi connectivity index (χ1) is 12.8. The van der Waals surface area contributed by atoms with E-state index < -0.39 is 5.54 Å². The van der Waals surface area contributed by atoms with Crippen molar-refractivity contribution in [1.82, 2.24) is 19.9 Å². The molecule has 0 bridgehead atoms. The number of aromatic nitrogens is 3. The summed E-state index contributed by atoms with van der Waals surface area (Å²) in [5, 5.41) is 1.24. The van der Waals surface area contributed by atoms with Gasteiger partial charge in [-0.1, -0.05) is 42.0 Å². The number of likely N-dealkylation sites (N-methyl/N-ethyl adjacent to an activating group) is 1. The summed E-state index contributed by atoms with van der Waals surface area (Å²) in [6, 6.07) is 20.6. The Labute approximate surface area is 152 Å². The molecule has 3 aromatic heterocycles. The summed E-state index contributed by atoms with van der Waals surface area (Å²) < 4.78 is 0. The Morgan fingerprint density at radius 1 is 0.885 bits per heavy atom. The van der Waals surface area contributed by atoms with Crippen LogP contribution in [0.5, 0.6) is 0 Å². The number of pyridine rings is 2. The van der Waals surface area contributed by atoms with Gasteiger partial charge in [0.05, 0.1) is 11.4 Å². The third-order valence-corrected chi connectivity index (χ3v) is 5.43. The first-order valence-corrected chi connectivity index (χ1v) is 8.91. The number of hydrogen-bond donors (Lipinski definition) is 0. The zero-order valence-electron chi connectivity index (χ0n) is 14.6. The molecule has 0 aliphatic carbocycles. The number of benzene rings is 1. The molecule has 0 radical (unpaired) electrons. The fourth-order valence-electron chi connectivity index (χ4n) is 4.24. The van der Waals surface area contributed by atoms with Gasteiger partial charge < -0.3 is 4.98 Å². The molecule has 0 N–H and O–H groups in total. The Balaban J connectivity index is 1.91. The summed E-state index contributed by atoms with van der Waals surface area (Å²) in [5.41, 5.74) is 4.77. The molecule has 0 saturated carbocycles. The van der Waals surface area contributed by atoms with E-state index in [1.807, 2.05) is 42.7 Å². The van der Waals surface area contributed by atoms with Crippen molar-refractivity contribution in [2.75, 3.05) is 13.6 Å². The van der Waals surface area contributed by atoms with E-state index in [0.29, 0.717) is 0 Å². The van der Waals surface area contributed by atoms with Crippen LogP contribution in [0.4, 0.5) is 0 Å². The second-order valence-corrected chi connectivity index (χ2v) is 6.77. The molecule has 0 saturated heterocycles. The van der Waals surface area contributed by atoms with E-state index in [1.165, 1.54) is 10.9 Å². The average molecular weight is 339 g/mol. The fourth-order valence-corrected chi connectivity index (χ4v) is 4.24. The highest BCUT2D eigenvalue weighted by Gasteiger charge is 2.44. The third-order valence-electron chi connectivity index (χ3n) is 5.43. The van der Waals surface area contributed by atoms with Gasteiger partial charge in [0.1, 0.15) is 5.54 Å². The molecule has 4 nitrogen and oxygen atoms in total. The molecule has 1 aromatic carbocycles. The van der Waals surface area contributed by atoms with Crippen LogP contribution < -0.4 is 4.98 Å². The predicted octanol–water partition coefficient (Wildman–Crippen LogP) is 3.37. The number of nitrogens with zero attached hydrogens (tertiary/aromatic N) is 4. The first kappa shape index (κ1) is 15.3. The van der Waals surface area contributed by atoms with Gasteiger partial charge in [0.25, 0.3) is 0 Å². The van der Waals surface area contributed by atoms with Crippen LogP contribution in [0.3, 0.4) is 0 Å². The highest BCUT2D eigenvalue weighted by molar-refractivity contribution is 5.85. The quantitative estimate of drug-likeness (QED) is 0.562. The smallest absolute Gasteiger partial charge is 0.111 e. The second kappa shape index (κ2) is 5.78. The molecule has 26 heavy (non-hydrogen) atoms. The monoisotopic (exact) mass is 339 g/mol. The minimum absolute atomic E-state index is 0.574. The van der Waals surface area contributed by atoms with Crippen LogP contribution in [0, 0.1) is 0 Å². The molecule has 0 fully saturated rings. The highest BCUT2D eigenvalue weighted by Crippen LogP contribution is 2.45. The molecule has 0 spiro atoms. The summed E-state index contributed by atoms with van der Waals surface area (Å²) in [6.45, 7) is 0.926. The molecule has 128 valence electrons. The topological polar surface area (TPSA) is 43.1 Å². The summed E-state index contributed by atoms with van der Waals surface area (Å²) in [6.07, 6.45) is 4.68. The van der Waals surface area contributed by atoms with Gasteiger partial charge in [0.15, 0.2) is 0 Å². The third kappa shape index (κ3) is 1.99. The number of para-hydroxylation sites is 1. The SMILES string of the molecule is CN1CCc2c([n-]c3ccccc23)C1(c1ccccn1)c1ccccn1. The Bertz CT molecular complexity index is 1010. The van der Waals surface area contributed by atoms with Crippen molar-refractivity contribution in [3.05, 3.63) is 95.7 Å². The molecule has 0 amide bonds. The molecule has 1 aliphatic rings. The molecular weight excluding hydrogens is 320 g/mol. The van der Waals surface area contributed by atoms with Crippen molar-refractivity contribution in [2.24, 2.45) is 0 Å². The van der Waals surface area contributed by atoms with E-state index in [0.717, 1.165) is 35.6 Å². The average Bonchev–Trinajstić information content (AvgIpc) is 3.08. The molecule has 5 rings (SSSR count). The maximum absolute atomic E-state index is 5.09. The van der Waals surface area contributed by atoms with Crippen molar-refractivity contribution >= 4 is 10.9 Å². The van der Waals surface area contributed by atoms with Crippen molar-refractivity contribution in [3.8, 4) is 0 Å². The zero-order chi connectivity index (χ0) is 17.6. The fraction of sp³-hybridized carbons (Fsp3) is 0.182. The van der Waals surface area contributed by atoms with Gasteiger partial charge in [-0.2, -0.15) is 0 Å². The molecule has 1 aliphatic heterocycles. The van der Waals surface area contributed by atoms with Crippen molar-refractivity contribution < 1.29 is 0 Å². The van der Waals surface area contributed by atoms with Crippen molar-refractivity contribution in [1.29, 1.82) is 0 Å². The van der Waals surface area contributed by atoms with Gasteiger partial charge >= 0.3 is 0 Å². The Hall–Kier alpha value is -2.98. The zero-order valence-corrected chi connectivity index (χ0v) is 14.6. The highest BCUT2D eigenvalue weighted by atomic mass is 15.2. The Morgan fingerprint density at radius 2 is 1.54 bits per heavy atom. The van der Waals surface area contributed by atoms with E-state index in [9.17, 15) is 0 Å². The van der Waals surface area contributed by atoms with Crippen LogP contribution in [-0.2, 0) is 12.0 Å². The van der Waals surface area contributed by atoms with Crippen molar-refractivity contribution in [2.45, 2.75) is 12.0 Å². The summed E-state index contributed by atoms with van der Waals surface area (Å²) in [5.74, 6) is 0. The van der Waals surface area contributed by atoms with Gasteiger partial charge in [0.2, 0.25) is 0 Å². The van der Waals surface area contributed by atoms with E-state index >= 15 is 0 Å². The number of fused-ring (bicyclic) bond motifs is 3. The lowest BCUT2D eigenvalue weighted by atomic mass is 9.79. The molecule has 4 heteroatoms. The maximum atomic E-state index is 5.09. The van der Waals surface area contributed by atoms with E-state index in [2.05, 4.69) is 42.3 Å². The van der Waals surface area contributed by atoms with Crippen LogP contribution >= 0.6 is 0 Å². The van der Waals surface area contributed by atoms with Gasteiger partial charge in [-0.15, -0.1) is 11.2 Å². The Kier molecular flexibility index (Phi) is 3.40. The molecule has 0 atom stereocenters. The lowest BCUT2D eigenvalue weighted by Crippen LogP contribution is -2.51. The van der Waals surface area contributed by atoms with Crippen LogP contribution in [0.25, 0.3) is 10.9 Å². The normalized spacial score (nSPS) is 16.5. The second-order valence-electron chi connectivity index (χ2n) is 6.77. The van der Waals surface area contributed by atoms with Crippen LogP contribution in [0.15, 0.2) is 73.1 Å². The van der Waals surface area contributed by atoms with Gasteiger partial charge in [-0.05, 0) is 43.1 Å². The predicted molar refractivity (Wildman–Crippen MR) is 102 cm³/mol. The molecule has 0 unspecified atom stereocenters. The molecule has 4 heterocycles. The van der Waals surface area contributed by atoms with Crippen LogP contribution in [0.1, 0.15) is 22.6 Å².